The fourth-order valence-corrected chi connectivity index (χ4v) is 1.42. The van der Waals surface area contributed by atoms with Gasteiger partial charge in [0.2, 0.25) is 5.91 Å². The molecule has 1 aromatic carbocycles. The summed E-state index contributed by atoms with van der Waals surface area (Å²) in [6.07, 6.45) is 1.43. The molecule has 0 radical (unpaired) electrons. The number of hydrogen-bond acceptors (Lipinski definition) is 3. The number of nitrogens with one attached hydrogen (secondary N) is 2. The first-order valence-corrected chi connectivity index (χ1v) is 5.89. The van der Waals surface area contributed by atoms with Gasteiger partial charge in [-0.2, -0.15) is 0 Å². The lowest BCUT2D eigenvalue weighted by molar-refractivity contribution is -0.116. The van der Waals surface area contributed by atoms with E-state index in [1.54, 1.807) is 7.11 Å². The van der Waals surface area contributed by atoms with Gasteiger partial charge in [-0.15, -0.1) is 0 Å². The molecule has 94 valence electrons. The van der Waals surface area contributed by atoms with Crippen LogP contribution in [0.2, 0.25) is 0 Å². The highest BCUT2D eigenvalue weighted by molar-refractivity contribution is 5.90. The van der Waals surface area contributed by atoms with Crippen LogP contribution in [0.4, 0.5) is 11.4 Å². The zero-order valence-electron chi connectivity index (χ0n) is 10.5. The minimum absolute atomic E-state index is 0.0626. The van der Waals surface area contributed by atoms with Gasteiger partial charge in [0.1, 0.15) is 0 Å². The van der Waals surface area contributed by atoms with Crippen LogP contribution in [-0.2, 0) is 9.53 Å². The van der Waals surface area contributed by atoms with E-state index >= 15 is 0 Å². The van der Waals surface area contributed by atoms with Crippen LogP contribution in [-0.4, -0.2) is 26.2 Å². The lowest BCUT2D eigenvalue weighted by Gasteiger charge is -2.08. The quantitative estimate of drug-likeness (QED) is 0.715. The number of methoxy groups -OCH3 is 1. The van der Waals surface area contributed by atoms with Gasteiger partial charge in [-0.3, -0.25) is 4.79 Å². The summed E-state index contributed by atoms with van der Waals surface area (Å²) < 4.78 is 4.95. The normalized spacial score (nSPS) is 10.0. The topological polar surface area (TPSA) is 50.4 Å². The Morgan fingerprint density at radius 1 is 1.24 bits per heavy atom. The zero-order valence-corrected chi connectivity index (χ0v) is 10.5. The van der Waals surface area contributed by atoms with Crippen molar-refractivity contribution in [1.82, 2.24) is 0 Å². The monoisotopic (exact) mass is 236 g/mol. The van der Waals surface area contributed by atoms with Crippen molar-refractivity contribution in [3.63, 3.8) is 0 Å². The summed E-state index contributed by atoms with van der Waals surface area (Å²) in [6, 6.07) is 7.67. The third-order valence-electron chi connectivity index (χ3n) is 2.28. The molecule has 0 bridgehead atoms. The molecule has 0 saturated carbocycles. The van der Waals surface area contributed by atoms with Crippen LogP contribution in [0.25, 0.3) is 0 Å². The van der Waals surface area contributed by atoms with E-state index in [-0.39, 0.29) is 5.91 Å². The highest BCUT2D eigenvalue weighted by atomic mass is 16.5. The van der Waals surface area contributed by atoms with E-state index in [0.29, 0.717) is 13.0 Å². The molecule has 0 spiro atoms. The van der Waals surface area contributed by atoms with E-state index in [0.717, 1.165) is 24.3 Å². The lowest BCUT2D eigenvalue weighted by Crippen LogP contribution is -2.11. The van der Waals surface area contributed by atoms with E-state index in [1.807, 2.05) is 31.2 Å². The Balaban J connectivity index is 2.41. The van der Waals surface area contributed by atoms with Crippen molar-refractivity contribution in [2.75, 3.05) is 30.9 Å². The minimum atomic E-state index is 0.0626. The van der Waals surface area contributed by atoms with Crippen molar-refractivity contribution in [3.8, 4) is 0 Å². The van der Waals surface area contributed by atoms with Gasteiger partial charge < -0.3 is 15.4 Å². The highest BCUT2D eigenvalue weighted by Crippen LogP contribution is 2.13. The third kappa shape index (κ3) is 5.36. The van der Waals surface area contributed by atoms with E-state index in [2.05, 4.69) is 10.6 Å². The first-order valence-electron chi connectivity index (χ1n) is 5.89. The Morgan fingerprint density at radius 2 is 1.88 bits per heavy atom. The molecule has 0 aliphatic heterocycles. The SMILES string of the molecule is CCCC(=O)Nc1ccc(NCCOC)cc1. The Labute approximate surface area is 102 Å². The molecule has 0 fully saturated rings. The Bertz CT molecular complexity index is 336. The fraction of sp³-hybridized carbons (Fsp3) is 0.462. The van der Waals surface area contributed by atoms with Gasteiger partial charge >= 0.3 is 0 Å². The van der Waals surface area contributed by atoms with E-state index in [9.17, 15) is 4.79 Å². The molecular formula is C13H20N2O2. The molecule has 2 N–H and O–H groups in total. The second kappa shape index (κ2) is 7.68. The Morgan fingerprint density at radius 3 is 2.47 bits per heavy atom. The summed E-state index contributed by atoms with van der Waals surface area (Å²) >= 11 is 0. The molecule has 1 aromatic rings. The fourth-order valence-electron chi connectivity index (χ4n) is 1.42. The molecule has 0 aromatic heterocycles. The molecule has 0 aliphatic carbocycles. The second-order valence-corrected chi connectivity index (χ2v) is 3.80. The second-order valence-electron chi connectivity index (χ2n) is 3.80. The summed E-state index contributed by atoms with van der Waals surface area (Å²) in [5.74, 6) is 0.0626. The van der Waals surface area contributed by atoms with E-state index < -0.39 is 0 Å². The summed E-state index contributed by atoms with van der Waals surface area (Å²) in [5.41, 5.74) is 1.86. The average Bonchev–Trinajstić information content (AvgIpc) is 2.32. The molecule has 0 unspecified atom stereocenters. The third-order valence-corrected chi connectivity index (χ3v) is 2.28. The zero-order chi connectivity index (χ0) is 12.5. The average molecular weight is 236 g/mol. The highest BCUT2D eigenvalue weighted by Gasteiger charge is 2.00. The number of amides is 1. The molecule has 0 saturated heterocycles. The van der Waals surface area contributed by atoms with Crippen LogP contribution in [0.15, 0.2) is 24.3 Å². The summed E-state index contributed by atoms with van der Waals surface area (Å²) in [6.45, 7) is 3.44. The number of carbonyl (C=O) groups is 1. The van der Waals surface area contributed by atoms with Crippen LogP contribution in [0.5, 0.6) is 0 Å². The van der Waals surface area contributed by atoms with Crippen LogP contribution in [0.1, 0.15) is 19.8 Å². The minimum Gasteiger partial charge on any atom is -0.383 e. The number of anilines is 2. The van der Waals surface area contributed by atoms with Crippen molar-refractivity contribution >= 4 is 17.3 Å². The van der Waals surface area contributed by atoms with Crippen molar-refractivity contribution < 1.29 is 9.53 Å². The molecule has 1 rings (SSSR count). The van der Waals surface area contributed by atoms with Crippen molar-refractivity contribution in [3.05, 3.63) is 24.3 Å². The number of hydrogen-bond donors (Lipinski definition) is 2. The van der Waals surface area contributed by atoms with Crippen molar-refractivity contribution in [2.45, 2.75) is 19.8 Å². The molecule has 4 heteroatoms. The molecule has 1 amide bonds. The first kappa shape index (κ1) is 13.5. The maximum atomic E-state index is 11.4. The largest absolute Gasteiger partial charge is 0.383 e. The van der Waals surface area contributed by atoms with Crippen molar-refractivity contribution in [2.24, 2.45) is 0 Å². The predicted molar refractivity (Wildman–Crippen MR) is 70.3 cm³/mol. The van der Waals surface area contributed by atoms with Gasteiger partial charge in [-0.25, -0.2) is 0 Å². The van der Waals surface area contributed by atoms with Crippen LogP contribution >= 0.6 is 0 Å². The number of carbonyl (C=O) groups excluding carboxylic acids is 1. The maximum Gasteiger partial charge on any atom is 0.224 e. The standard InChI is InChI=1S/C13H20N2O2/c1-3-4-13(16)15-12-7-5-11(6-8-12)14-9-10-17-2/h5-8,14H,3-4,9-10H2,1-2H3,(H,15,16). The van der Waals surface area contributed by atoms with Gasteiger partial charge in [0.15, 0.2) is 0 Å². The van der Waals surface area contributed by atoms with Gasteiger partial charge in [-0.05, 0) is 30.7 Å². The van der Waals surface area contributed by atoms with Gasteiger partial charge in [0, 0.05) is 31.5 Å². The Hall–Kier alpha value is -1.55. The molecule has 0 aliphatic rings. The number of rotatable bonds is 7. The van der Waals surface area contributed by atoms with Crippen LogP contribution < -0.4 is 10.6 Å². The summed E-state index contributed by atoms with van der Waals surface area (Å²) in [4.78, 5) is 11.4. The first-order chi connectivity index (χ1) is 8.26. The maximum absolute atomic E-state index is 11.4. The smallest absolute Gasteiger partial charge is 0.224 e. The molecule has 17 heavy (non-hydrogen) atoms. The molecule has 4 nitrogen and oxygen atoms in total. The van der Waals surface area contributed by atoms with Crippen LogP contribution in [0, 0.1) is 0 Å². The summed E-state index contributed by atoms with van der Waals surface area (Å²) in [5, 5.41) is 6.06. The summed E-state index contributed by atoms with van der Waals surface area (Å²) in [7, 11) is 1.67. The molecular weight excluding hydrogens is 216 g/mol. The van der Waals surface area contributed by atoms with Crippen molar-refractivity contribution in [1.29, 1.82) is 0 Å². The van der Waals surface area contributed by atoms with Gasteiger partial charge in [-0.1, -0.05) is 6.92 Å². The Kier molecular flexibility index (Phi) is 6.10. The predicted octanol–water partition coefficient (Wildman–Crippen LogP) is 2.48. The van der Waals surface area contributed by atoms with Crippen LogP contribution in [0.3, 0.4) is 0 Å². The van der Waals surface area contributed by atoms with E-state index in [1.165, 1.54) is 0 Å². The molecule has 0 heterocycles. The van der Waals surface area contributed by atoms with E-state index in [4.69, 9.17) is 4.74 Å². The molecule has 0 atom stereocenters. The lowest BCUT2D eigenvalue weighted by atomic mass is 10.2. The number of benzene rings is 1. The number of ether oxygens (including phenoxy) is 1. The van der Waals surface area contributed by atoms with Gasteiger partial charge in [0.05, 0.1) is 6.61 Å². The van der Waals surface area contributed by atoms with Gasteiger partial charge in [0.25, 0.3) is 0 Å².